The van der Waals surface area contributed by atoms with E-state index in [9.17, 15) is 4.79 Å². The average molecular weight is 248 g/mol. The molecular weight excluding hydrogens is 228 g/mol. The van der Waals surface area contributed by atoms with Gasteiger partial charge in [0.15, 0.2) is 0 Å². The van der Waals surface area contributed by atoms with Crippen LogP contribution in [0.5, 0.6) is 0 Å². The molecule has 0 saturated carbocycles. The molecule has 2 atom stereocenters. The van der Waals surface area contributed by atoms with E-state index >= 15 is 0 Å². The van der Waals surface area contributed by atoms with E-state index in [1.165, 1.54) is 11.1 Å². The van der Waals surface area contributed by atoms with Crippen molar-refractivity contribution in [2.24, 2.45) is 0 Å². The highest BCUT2D eigenvalue weighted by Crippen LogP contribution is 2.23. The molecule has 1 fully saturated rings. The van der Waals surface area contributed by atoms with E-state index < -0.39 is 0 Å². The Kier molecular flexibility index (Phi) is 4.33. The zero-order valence-electron chi connectivity index (χ0n) is 10.9. The molecule has 1 aromatic carbocycles. The number of nitrogens with one attached hydrogen (secondary N) is 2. The van der Waals surface area contributed by atoms with E-state index in [0.29, 0.717) is 6.61 Å². The van der Waals surface area contributed by atoms with Crippen LogP contribution in [0, 0.1) is 0 Å². The largest absolute Gasteiger partial charge is 0.465 e. The lowest BCUT2D eigenvalue weighted by Gasteiger charge is -2.10. The lowest BCUT2D eigenvalue weighted by molar-refractivity contribution is -0.145. The molecule has 4 heteroatoms. The predicted octanol–water partition coefficient (Wildman–Crippen LogP) is 1.72. The first-order valence-corrected chi connectivity index (χ1v) is 6.51. The van der Waals surface area contributed by atoms with Crippen LogP contribution in [0.1, 0.15) is 37.4 Å². The van der Waals surface area contributed by atoms with Crippen LogP contribution in [0.15, 0.2) is 24.3 Å². The first kappa shape index (κ1) is 13.1. The summed E-state index contributed by atoms with van der Waals surface area (Å²) in [4.78, 5) is 11.6. The maximum Gasteiger partial charge on any atom is 0.324 e. The number of benzene rings is 1. The molecule has 0 radical (unpaired) electrons. The summed E-state index contributed by atoms with van der Waals surface area (Å²) in [6.07, 6.45) is 1.77. The highest BCUT2D eigenvalue weighted by Gasteiger charge is 2.30. The molecule has 0 amide bonds. The highest BCUT2D eigenvalue weighted by atomic mass is 16.5. The molecular formula is C14H20N2O2. The normalized spacial score (nSPS) is 23.0. The van der Waals surface area contributed by atoms with Gasteiger partial charge in [-0.05, 0) is 30.9 Å². The van der Waals surface area contributed by atoms with E-state index in [-0.39, 0.29) is 18.1 Å². The molecule has 98 valence electrons. The minimum absolute atomic E-state index is 0.172. The lowest BCUT2D eigenvalue weighted by Crippen LogP contribution is -2.37. The first-order valence-electron chi connectivity index (χ1n) is 6.51. The van der Waals surface area contributed by atoms with Crippen LogP contribution in [0.25, 0.3) is 0 Å². The molecule has 1 saturated heterocycles. The number of ether oxygens (including phenoxy) is 1. The Hall–Kier alpha value is -1.39. The molecule has 1 aliphatic rings. The molecule has 2 unspecified atom stereocenters. The fourth-order valence-electron chi connectivity index (χ4n) is 2.16. The second kappa shape index (κ2) is 5.98. The second-order valence-electron chi connectivity index (χ2n) is 4.48. The van der Waals surface area contributed by atoms with Gasteiger partial charge in [0.25, 0.3) is 0 Å². The van der Waals surface area contributed by atoms with Gasteiger partial charge in [0.1, 0.15) is 6.04 Å². The molecule has 0 bridgehead atoms. The molecule has 1 aliphatic heterocycles. The van der Waals surface area contributed by atoms with Crippen LogP contribution in [0.4, 0.5) is 0 Å². The fraction of sp³-hybridized carbons (Fsp3) is 0.500. The van der Waals surface area contributed by atoms with Crippen molar-refractivity contribution in [2.75, 3.05) is 6.61 Å². The summed E-state index contributed by atoms with van der Waals surface area (Å²) in [6, 6.07) is 8.42. The summed E-state index contributed by atoms with van der Waals surface area (Å²) in [5.74, 6) is -0.183. The molecule has 1 heterocycles. The quantitative estimate of drug-likeness (QED) is 0.797. The number of carbonyl (C=O) groups excluding carboxylic acids is 1. The number of hydrogen-bond acceptors (Lipinski definition) is 4. The lowest BCUT2D eigenvalue weighted by atomic mass is 10.0. The van der Waals surface area contributed by atoms with E-state index in [2.05, 4.69) is 42.0 Å². The number of esters is 1. The maximum atomic E-state index is 11.6. The monoisotopic (exact) mass is 248 g/mol. The van der Waals surface area contributed by atoms with Gasteiger partial charge in [0, 0.05) is 6.04 Å². The van der Waals surface area contributed by atoms with Gasteiger partial charge in [-0.3, -0.25) is 4.79 Å². The predicted molar refractivity (Wildman–Crippen MR) is 69.9 cm³/mol. The zero-order valence-corrected chi connectivity index (χ0v) is 10.9. The minimum atomic E-state index is -0.249. The second-order valence-corrected chi connectivity index (χ2v) is 4.48. The molecule has 2 N–H and O–H groups in total. The van der Waals surface area contributed by atoms with Crippen molar-refractivity contribution >= 4 is 5.97 Å². The molecule has 0 spiro atoms. The van der Waals surface area contributed by atoms with E-state index in [1.54, 1.807) is 0 Å². The van der Waals surface area contributed by atoms with Gasteiger partial charge in [-0.15, -0.1) is 0 Å². The first-order chi connectivity index (χ1) is 8.74. The Morgan fingerprint density at radius 3 is 2.61 bits per heavy atom. The van der Waals surface area contributed by atoms with Crippen molar-refractivity contribution in [3.05, 3.63) is 35.4 Å². The number of hydrogen-bond donors (Lipinski definition) is 2. The Morgan fingerprint density at radius 1 is 1.28 bits per heavy atom. The summed E-state index contributed by atoms with van der Waals surface area (Å²) in [6.45, 7) is 4.38. The maximum absolute atomic E-state index is 11.6. The summed E-state index contributed by atoms with van der Waals surface area (Å²) in [7, 11) is 0. The molecule has 4 nitrogen and oxygen atoms in total. The van der Waals surface area contributed by atoms with Gasteiger partial charge < -0.3 is 4.74 Å². The highest BCUT2D eigenvalue weighted by molar-refractivity contribution is 5.76. The Bertz CT molecular complexity index is 403. The van der Waals surface area contributed by atoms with Gasteiger partial charge in [0.05, 0.1) is 6.61 Å². The van der Waals surface area contributed by atoms with Crippen LogP contribution in [0.2, 0.25) is 0 Å². The topological polar surface area (TPSA) is 50.4 Å². The van der Waals surface area contributed by atoms with E-state index in [4.69, 9.17) is 4.74 Å². The Balaban J connectivity index is 1.97. The van der Waals surface area contributed by atoms with Crippen molar-refractivity contribution in [2.45, 2.75) is 38.8 Å². The van der Waals surface area contributed by atoms with Crippen molar-refractivity contribution in [1.29, 1.82) is 0 Å². The van der Waals surface area contributed by atoms with Crippen LogP contribution < -0.4 is 10.9 Å². The fourth-order valence-corrected chi connectivity index (χ4v) is 2.16. The molecule has 0 aromatic heterocycles. The summed E-state index contributed by atoms with van der Waals surface area (Å²) < 4.78 is 5.01. The van der Waals surface area contributed by atoms with Gasteiger partial charge in [-0.1, -0.05) is 31.2 Å². The van der Waals surface area contributed by atoms with Crippen molar-refractivity contribution in [3.63, 3.8) is 0 Å². The Morgan fingerprint density at radius 2 is 2.00 bits per heavy atom. The average Bonchev–Trinajstić information content (AvgIpc) is 2.89. The third kappa shape index (κ3) is 2.89. The smallest absolute Gasteiger partial charge is 0.324 e. The van der Waals surface area contributed by atoms with Gasteiger partial charge in [-0.25, -0.2) is 10.9 Å². The van der Waals surface area contributed by atoms with E-state index in [0.717, 1.165) is 12.8 Å². The summed E-state index contributed by atoms with van der Waals surface area (Å²) >= 11 is 0. The standard InChI is InChI=1S/C14H20N2O2/c1-3-10-5-7-11(8-6-10)12-9-13(16-15-12)14(17)18-4-2/h5-8,12-13,15-16H,3-4,9H2,1-2H3. The van der Waals surface area contributed by atoms with Gasteiger partial charge >= 0.3 is 5.97 Å². The Labute approximate surface area is 108 Å². The number of carbonyl (C=O) groups is 1. The SMILES string of the molecule is CCOC(=O)C1CC(c2ccc(CC)cc2)NN1. The van der Waals surface area contributed by atoms with Crippen LogP contribution in [0.3, 0.4) is 0 Å². The number of aryl methyl sites for hydroxylation is 1. The van der Waals surface area contributed by atoms with Gasteiger partial charge in [-0.2, -0.15) is 0 Å². The summed E-state index contributed by atoms with van der Waals surface area (Å²) in [5, 5.41) is 0. The van der Waals surface area contributed by atoms with Gasteiger partial charge in [0.2, 0.25) is 0 Å². The third-order valence-electron chi connectivity index (χ3n) is 3.26. The van der Waals surface area contributed by atoms with E-state index in [1.807, 2.05) is 6.92 Å². The van der Waals surface area contributed by atoms with Crippen molar-refractivity contribution in [1.82, 2.24) is 10.9 Å². The molecule has 0 aliphatic carbocycles. The van der Waals surface area contributed by atoms with Crippen molar-refractivity contribution in [3.8, 4) is 0 Å². The molecule has 18 heavy (non-hydrogen) atoms. The van der Waals surface area contributed by atoms with Crippen LogP contribution >= 0.6 is 0 Å². The third-order valence-corrected chi connectivity index (χ3v) is 3.26. The number of rotatable bonds is 4. The van der Waals surface area contributed by atoms with Crippen LogP contribution in [-0.2, 0) is 16.0 Å². The minimum Gasteiger partial charge on any atom is -0.465 e. The zero-order chi connectivity index (χ0) is 13.0. The summed E-state index contributed by atoms with van der Waals surface area (Å²) in [5.41, 5.74) is 8.67. The number of hydrazine groups is 1. The molecule has 1 aromatic rings. The molecule has 2 rings (SSSR count). The van der Waals surface area contributed by atoms with Crippen LogP contribution in [-0.4, -0.2) is 18.6 Å². The van der Waals surface area contributed by atoms with Crippen molar-refractivity contribution < 1.29 is 9.53 Å².